The van der Waals surface area contributed by atoms with E-state index in [1.165, 1.54) is 0 Å². The molecular weight excluding hydrogens is 341 g/mol. The molecule has 2 atom stereocenters. The highest BCUT2D eigenvalue weighted by Gasteiger charge is 2.40. The van der Waals surface area contributed by atoms with Gasteiger partial charge in [0.2, 0.25) is 5.91 Å². The van der Waals surface area contributed by atoms with Crippen LogP contribution >= 0.6 is 0 Å². The van der Waals surface area contributed by atoms with Crippen LogP contribution in [-0.2, 0) is 11.2 Å². The van der Waals surface area contributed by atoms with Gasteiger partial charge in [-0.05, 0) is 36.4 Å². The third-order valence-electron chi connectivity index (χ3n) is 4.21. The summed E-state index contributed by atoms with van der Waals surface area (Å²) >= 11 is 0. The fraction of sp³-hybridized carbons (Fsp3) is 0.350. The van der Waals surface area contributed by atoms with Crippen molar-refractivity contribution in [2.24, 2.45) is 5.73 Å². The van der Waals surface area contributed by atoms with E-state index in [1.807, 2.05) is 60.7 Å². The van der Waals surface area contributed by atoms with E-state index in [0.29, 0.717) is 6.42 Å². The zero-order valence-corrected chi connectivity index (χ0v) is 14.4. The number of carbonyl (C=O) groups is 1. The Balaban J connectivity index is 2.11. The highest BCUT2D eigenvalue weighted by molar-refractivity contribution is 5.77. The standard InChI is InChI=1S/C20H23F3N2O/c21-20(22,23)18(11-12-24)25-19(26)14-17(16-9-5-2-6-10-16)13-15-7-3-1-4-8-15/h1-10,17-18H,11-14,24H2,(H,25,26). The number of nitrogens with two attached hydrogens (primary N) is 1. The molecule has 140 valence electrons. The van der Waals surface area contributed by atoms with E-state index < -0.39 is 18.1 Å². The number of benzene rings is 2. The van der Waals surface area contributed by atoms with Crippen LogP contribution in [0.2, 0.25) is 0 Å². The Kier molecular flexibility index (Phi) is 7.21. The van der Waals surface area contributed by atoms with Gasteiger partial charge in [-0.2, -0.15) is 13.2 Å². The molecule has 3 nitrogen and oxygen atoms in total. The quantitative estimate of drug-likeness (QED) is 0.749. The molecule has 0 aliphatic carbocycles. The van der Waals surface area contributed by atoms with E-state index in [1.54, 1.807) is 0 Å². The third-order valence-corrected chi connectivity index (χ3v) is 4.21. The van der Waals surface area contributed by atoms with Crippen LogP contribution in [0.1, 0.15) is 29.9 Å². The molecule has 0 radical (unpaired) electrons. The van der Waals surface area contributed by atoms with Crippen molar-refractivity contribution in [2.75, 3.05) is 6.54 Å². The van der Waals surface area contributed by atoms with Crippen LogP contribution in [0.3, 0.4) is 0 Å². The molecule has 1 amide bonds. The molecule has 2 aromatic carbocycles. The minimum Gasteiger partial charge on any atom is -0.344 e. The Morgan fingerprint density at radius 3 is 2.12 bits per heavy atom. The predicted molar refractivity (Wildman–Crippen MR) is 95.6 cm³/mol. The molecule has 0 fully saturated rings. The van der Waals surface area contributed by atoms with Crippen LogP contribution in [0.15, 0.2) is 60.7 Å². The number of halogens is 3. The summed E-state index contributed by atoms with van der Waals surface area (Å²) in [4.78, 5) is 12.3. The van der Waals surface area contributed by atoms with Gasteiger partial charge in [0.15, 0.2) is 0 Å². The van der Waals surface area contributed by atoms with Crippen LogP contribution in [0, 0.1) is 0 Å². The number of rotatable bonds is 8. The SMILES string of the molecule is NCCC(NC(=O)CC(Cc1ccccc1)c1ccccc1)C(F)(F)F. The van der Waals surface area contributed by atoms with Crippen molar-refractivity contribution in [3.8, 4) is 0 Å². The molecule has 2 aromatic rings. The lowest BCUT2D eigenvalue weighted by Crippen LogP contribution is -2.46. The second kappa shape index (κ2) is 9.38. The Labute approximate surface area is 151 Å². The largest absolute Gasteiger partial charge is 0.408 e. The van der Waals surface area contributed by atoms with Gasteiger partial charge in [0.05, 0.1) is 0 Å². The highest BCUT2D eigenvalue weighted by Crippen LogP contribution is 2.26. The van der Waals surface area contributed by atoms with Crippen molar-refractivity contribution in [2.45, 2.75) is 37.4 Å². The average Bonchev–Trinajstić information content (AvgIpc) is 2.62. The molecule has 0 heterocycles. The number of hydrogen-bond donors (Lipinski definition) is 2. The maximum Gasteiger partial charge on any atom is 0.408 e. The summed E-state index contributed by atoms with van der Waals surface area (Å²) in [7, 11) is 0. The zero-order valence-electron chi connectivity index (χ0n) is 14.4. The van der Waals surface area contributed by atoms with E-state index in [2.05, 4.69) is 5.32 Å². The lowest BCUT2D eigenvalue weighted by Gasteiger charge is -2.23. The minimum atomic E-state index is -4.50. The maximum atomic E-state index is 13.0. The molecule has 2 unspecified atom stereocenters. The van der Waals surface area contributed by atoms with Crippen molar-refractivity contribution in [1.29, 1.82) is 0 Å². The molecule has 3 N–H and O–H groups in total. The summed E-state index contributed by atoms with van der Waals surface area (Å²) in [5, 5.41) is 2.10. The van der Waals surface area contributed by atoms with E-state index in [9.17, 15) is 18.0 Å². The first kappa shape index (κ1) is 20.0. The maximum absolute atomic E-state index is 13.0. The average molecular weight is 364 g/mol. The smallest absolute Gasteiger partial charge is 0.344 e. The molecule has 26 heavy (non-hydrogen) atoms. The molecule has 0 aromatic heterocycles. The molecule has 0 saturated carbocycles. The Morgan fingerprint density at radius 2 is 1.58 bits per heavy atom. The van der Waals surface area contributed by atoms with E-state index >= 15 is 0 Å². The van der Waals surface area contributed by atoms with Crippen LogP contribution in [0.5, 0.6) is 0 Å². The molecule has 0 bridgehead atoms. The Bertz CT molecular complexity index is 674. The lowest BCUT2D eigenvalue weighted by atomic mass is 9.89. The lowest BCUT2D eigenvalue weighted by molar-refractivity contribution is -0.162. The van der Waals surface area contributed by atoms with Gasteiger partial charge < -0.3 is 11.1 Å². The first-order valence-electron chi connectivity index (χ1n) is 8.55. The zero-order chi connectivity index (χ0) is 19.0. The van der Waals surface area contributed by atoms with Gasteiger partial charge in [0, 0.05) is 6.42 Å². The fourth-order valence-corrected chi connectivity index (χ4v) is 2.89. The first-order valence-corrected chi connectivity index (χ1v) is 8.55. The summed E-state index contributed by atoms with van der Waals surface area (Å²) in [6, 6.07) is 17.0. The Hall–Kier alpha value is -2.34. The van der Waals surface area contributed by atoms with Gasteiger partial charge in [-0.15, -0.1) is 0 Å². The van der Waals surface area contributed by atoms with Crippen LogP contribution in [0.4, 0.5) is 13.2 Å². The number of carbonyl (C=O) groups excluding carboxylic acids is 1. The van der Waals surface area contributed by atoms with Gasteiger partial charge in [0.25, 0.3) is 0 Å². The molecule has 0 saturated heterocycles. The van der Waals surface area contributed by atoms with Gasteiger partial charge in [0.1, 0.15) is 6.04 Å². The Morgan fingerprint density at radius 1 is 1.00 bits per heavy atom. The number of amides is 1. The second-order valence-corrected chi connectivity index (χ2v) is 6.24. The van der Waals surface area contributed by atoms with E-state index in [-0.39, 0.29) is 25.3 Å². The van der Waals surface area contributed by atoms with Gasteiger partial charge >= 0.3 is 6.18 Å². The van der Waals surface area contributed by atoms with Gasteiger partial charge in [-0.3, -0.25) is 4.79 Å². The summed E-state index contributed by atoms with van der Waals surface area (Å²) in [5.41, 5.74) is 7.20. The van der Waals surface area contributed by atoms with Crippen LogP contribution in [0.25, 0.3) is 0 Å². The van der Waals surface area contributed by atoms with Crippen LogP contribution < -0.4 is 11.1 Å². The first-order chi connectivity index (χ1) is 12.4. The summed E-state index contributed by atoms with van der Waals surface area (Å²) < 4.78 is 39.0. The molecule has 0 spiro atoms. The van der Waals surface area contributed by atoms with Gasteiger partial charge in [-0.25, -0.2) is 0 Å². The topological polar surface area (TPSA) is 55.1 Å². The molecule has 2 rings (SSSR count). The summed E-state index contributed by atoms with van der Waals surface area (Å²) in [5.74, 6) is -0.823. The van der Waals surface area contributed by atoms with Crippen molar-refractivity contribution in [1.82, 2.24) is 5.32 Å². The number of alkyl halides is 3. The number of hydrogen-bond acceptors (Lipinski definition) is 2. The van der Waals surface area contributed by atoms with Gasteiger partial charge in [-0.1, -0.05) is 60.7 Å². The molecular formula is C20H23F3N2O. The predicted octanol–water partition coefficient (Wildman–Crippen LogP) is 3.80. The minimum absolute atomic E-state index is 0.0178. The fourth-order valence-electron chi connectivity index (χ4n) is 2.89. The molecule has 0 aliphatic heterocycles. The van der Waals surface area contributed by atoms with E-state index in [4.69, 9.17) is 5.73 Å². The monoisotopic (exact) mass is 364 g/mol. The molecule has 6 heteroatoms. The third kappa shape index (κ3) is 6.19. The normalized spacial score (nSPS) is 13.8. The highest BCUT2D eigenvalue weighted by atomic mass is 19.4. The molecule has 0 aliphatic rings. The van der Waals surface area contributed by atoms with Crippen molar-refractivity contribution < 1.29 is 18.0 Å². The van der Waals surface area contributed by atoms with E-state index in [0.717, 1.165) is 11.1 Å². The summed E-state index contributed by atoms with van der Waals surface area (Å²) in [6.07, 6.45) is -4.28. The number of nitrogens with one attached hydrogen (secondary N) is 1. The van der Waals surface area contributed by atoms with Crippen LogP contribution in [-0.4, -0.2) is 24.7 Å². The second-order valence-electron chi connectivity index (χ2n) is 6.24. The van der Waals surface area contributed by atoms with Crippen molar-refractivity contribution >= 4 is 5.91 Å². The summed E-state index contributed by atoms with van der Waals surface area (Å²) in [6.45, 7) is -0.142. The van der Waals surface area contributed by atoms with Crippen molar-refractivity contribution in [3.63, 3.8) is 0 Å². The van der Waals surface area contributed by atoms with Crippen molar-refractivity contribution in [3.05, 3.63) is 71.8 Å².